The van der Waals surface area contributed by atoms with Crippen LogP contribution in [-0.2, 0) is 16.0 Å². The zero-order chi connectivity index (χ0) is 11.5. The summed E-state index contributed by atoms with van der Waals surface area (Å²) in [4.78, 5) is 11.1. The van der Waals surface area contributed by atoms with Crippen molar-refractivity contribution in [1.29, 1.82) is 0 Å². The maximum Gasteiger partial charge on any atom is 0.309 e. The normalized spacial score (nSPS) is 10.3. The van der Waals surface area contributed by atoms with E-state index in [9.17, 15) is 4.79 Å². The number of ether oxygens (including phenoxy) is 1. The van der Waals surface area contributed by atoms with Gasteiger partial charge in [-0.2, -0.15) is 0 Å². The van der Waals surface area contributed by atoms with Gasteiger partial charge in [-0.1, -0.05) is 24.3 Å². The molecule has 3 nitrogen and oxygen atoms in total. The van der Waals surface area contributed by atoms with E-state index in [1.54, 1.807) is 0 Å². The maximum absolute atomic E-state index is 11.1. The lowest BCUT2D eigenvalue weighted by atomic mass is 10.0. The Hall–Kier alpha value is -2.03. The average molecular weight is 215 g/mol. The molecule has 0 bridgehead atoms. The van der Waals surface area contributed by atoms with Gasteiger partial charge in [-0.3, -0.25) is 4.79 Å². The number of esters is 1. The second kappa shape index (κ2) is 4.23. The number of benzene rings is 2. The number of rotatable bonds is 2. The molecule has 0 saturated carbocycles. The Balaban J connectivity index is 2.43. The van der Waals surface area contributed by atoms with Crippen molar-refractivity contribution in [2.45, 2.75) is 6.42 Å². The van der Waals surface area contributed by atoms with Gasteiger partial charge in [0.15, 0.2) is 0 Å². The third kappa shape index (κ3) is 1.98. The fourth-order valence-corrected chi connectivity index (χ4v) is 1.69. The minimum atomic E-state index is -0.242. The summed E-state index contributed by atoms with van der Waals surface area (Å²) >= 11 is 0. The number of methoxy groups -OCH3 is 1. The highest BCUT2D eigenvalue weighted by Gasteiger charge is 2.04. The van der Waals surface area contributed by atoms with Crippen LogP contribution in [0.3, 0.4) is 0 Å². The SMILES string of the molecule is COC(=O)Cc1ccc2cccc(N)c2c1. The molecular weight excluding hydrogens is 202 g/mol. The van der Waals surface area contributed by atoms with Gasteiger partial charge in [0, 0.05) is 11.1 Å². The number of hydrogen-bond donors (Lipinski definition) is 1. The molecule has 82 valence electrons. The van der Waals surface area contributed by atoms with Crippen molar-refractivity contribution in [2.75, 3.05) is 12.8 Å². The number of anilines is 1. The van der Waals surface area contributed by atoms with Crippen molar-refractivity contribution in [3.8, 4) is 0 Å². The van der Waals surface area contributed by atoms with Crippen LogP contribution in [0.15, 0.2) is 36.4 Å². The lowest BCUT2D eigenvalue weighted by Gasteiger charge is -2.05. The van der Waals surface area contributed by atoms with E-state index in [2.05, 4.69) is 4.74 Å². The first-order valence-corrected chi connectivity index (χ1v) is 5.04. The first-order chi connectivity index (χ1) is 7.70. The summed E-state index contributed by atoms with van der Waals surface area (Å²) < 4.78 is 4.63. The second-order valence-electron chi connectivity index (χ2n) is 3.66. The molecule has 2 N–H and O–H groups in total. The van der Waals surface area contributed by atoms with E-state index >= 15 is 0 Å². The minimum absolute atomic E-state index is 0.242. The van der Waals surface area contributed by atoms with E-state index in [0.717, 1.165) is 22.0 Å². The topological polar surface area (TPSA) is 52.3 Å². The van der Waals surface area contributed by atoms with Crippen LogP contribution in [0, 0.1) is 0 Å². The summed E-state index contributed by atoms with van der Waals surface area (Å²) in [6.07, 6.45) is 0.279. The van der Waals surface area contributed by atoms with Crippen molar-refractivity contribution >= 4 is 22.4 Å². The fourth-order valence-electron chi connectivity index (χ4n) is 1.69. The molecule has 0 saturated heterocycles. The smallest absolute Gasteiger partial charge is 0.309 e. The number of hydrogen-bond acceptors (Lipinski definition) is 3. The molecule has 3 heteroatoms. The molecule has 0 unspecified atom stereocenters. The molecule has 0 aliphatic heterocycles. The standard InChI is InChI=1S/C13H13NO2/c1-16-13(15)8-9-5-6-10-3-2-4-12(14)11(10)7-9/h2-7H,8,14H2,1H3. The van der Waals surface area contributed by atoms with E-state index in [-0.39, 0.29) is 12.4 Å². The molecule has 0 spiro atoms. The quantitative estimate of drug-likeness (QED) is 0.616. The summed E-state index contributed by atoms with van der Waals surface area (Å²) in [5, 5.41) is 2.05. The van der Waals surface area contributed by atoms with Gasteiger partial charge in [0.05, 0.1) is 13.5 Å². The molecule has 0 aliphatic rings. The molecular formula is C13H13NO2. The van der Waals surface area contributed by atoms with Gasteiger partial charge in [0.1, 0.15) is 0 Å². The number of carbonyl (C=O) groups is 1. The number of fused-ring (bicyclic) bond motifs is 1. The van der Waals surface area contributed by atoms with Gasteiger partial charge in [-0.25, -0.2) is 0 Å². The van der Waals surface area contributed by atoms with E-state index in [4.69, 9.17) is 5.73 Å². The first-order valence-electron chi connectivity index (χ1n) is 5.04. The Kier molecular flexibility index (Phi) is 2.77. The van der Waals surface area contributed by atoms with Gasteiger partial charge < -0.3 is 10.5 Å². The van der Waals surface area contributed by atoms with Crippen molar-refractivity contribution in [1.82, 2.24) is 0 Å². The predicted molar refractivity (Wildman–Crippen MR) is 64.1 cm³/mol. The van der Waals surface area contributed by atoms with Crippen molar-refractivity contribution in [2.24, 2.45) is 0 Å². The molecule has 2 rings (SSSR count). The lowest BCUT2D eigenvalue weighted by Crippen LogP contribution is -2.04. The lowest BCUT2D eigenvalue weighted by molar-refractivity contribution is -0.139. The van der Waals surface area contributed by atoms with Gasteiger partial charge in [-0.15, -0.1) is 0 Å². The van der Waals surface area contributed by atoms with Crippen LogP contribution >= 0.6 is 0 Å². The zero-order valence-corrected chi connectivity index (χ0v) is 9.07. The molecule has 0 atom stereocenters. The molecule has 0 aliphatic carbocycles. The monoisotopic (exact) mass is 215 g/mol. The van der Waals surface area contributed by atoms with Crippen LogP contribution in [0.2, 0.25) is 0 Å². The van der Waals surface area contributed by atoms with Crippen LogP contribution in [0.5, 0.6) is 0 Å². The molecule has 0 aromatic heterocycles. The number of nitrogen functional groups attached to an aromatic ring is 1. The fraction of sp³-hybridized carbons (Fsp3) is 0.154. The maximum atomic E-state index is 11.1. The predicted octanol–water partition coefficient (Wildman–Crippen LogP) is 2.14. The first kappa shape index (κ1) is 10.5. The highest BCUT2D eigenvalue weighted by molar-refractivity contribution is 5.93. The van der Waals surface area contributed by atoms with Gasteiger partial charge in [0.25, 0.3) is 0 Å². The number of nitrogens with two attached hydrogens (primary N) is 1. The zero-order valence-electron chi connectivity index (χ0n) is 9.07. The molecule has 0 fully saturated rings. The molecule has 0 heterocycles. The largest absolute Gasteiger partial charge is 0.469 e. The summed E-state index contributed by atoms with van der Waals surface area (Å²) in [6, 6.07) is 11.6. The molecule has 0 amide bonds. The van der Waals surface area contributed by atoms with Crippen molar-refractivity contribution in [3.05, 3.63) is 42.0 Å². The van der Waals surface area contributed by atoms with Crippen molar-refractivity contribution < 1.29 is 9.53 Å². The Morgan fingerprint density at radius 3 is 2.88 bits per heavy atom. The van der Waals surface area contributed by atoms with Gasteiger partial charge >= 0.3 is 5.97 Å². The van der Waals surface area contributed by atoms with E-state index in [1.165, 1.54) is 7.11 Å². The van der Waals surface area contributed by atoms with Gasteiger partial charge in [0.2, 0.25) is 0 Å². The molecule has 2 aromatic carbocycles. The third-order valence-corrected chi connectivity index (χ3v) is 2.56. The van der Waals surface area contributed by atoms with Crippen LogP contribution in [0.4, 0.5) is 5.69 Å². The summed E-state index contributed by atoms with van der Waals surface area (Å²) in [5.41, 5.74) is 7.51. The summed E-state index contributed by atoms with van der Waals surface area (Å²) in [5.74, 6) is -0.242. The van der Waals surface area contributed by atoms with Crippen LogP contribution in [-0.4, -0.2) is 13.1 Å². The average Bonchev–Trinajstić information content (AvgIpc) is 2.30. The minimum Gasteiger partial charge on any atom is -0.469 e. The number of carbonyl (C=O) groups excluding carboxylic acids is 1. The highest BCUT2D eigenvalue weighted by atomic mass is 16.5. The molecule has 0 radical (unpaired) electrons. The Bertz CT molecular complexity index is 534. The Labute approximate surface area is 93.8 Å². The summed E-state index contributed by atoms with van der Waals surface area (Å²) in [7, 11) is 1.39. The molecule has 2 aromatic rings. The van der Waals surface area contributed by atoms with E-state index in [0.29, 0.717) is 0 Å². The van der Waals surface area contributed by atoms with E-state index in [1.807, 2.05) is 36.4 Å². The summed E-state index contributed by atoms with van der Waals surface area (Å²) in [6.45, 7) is 0. The van der Waals surface area contributed by atoms with E-state index < -0.39 is 0 Å². The highest BCUT2D eigenvalue weighted by Crippen LogP contribution is 2.22. The van der Waals surface area contributed by atoms with Crippen molar-refractivity contribution in [3.63, 3.8) is 0 Å². The third-order valence-electron chi connectivity index (χ3n) is 2.56. The van der Waals surface area contributed by atoms with Crippen LogP contribution in [0.1, 0.15) is 5.56 Å². The second-order valence-corrected chi connectivity index (χ2v) is 3.66. The Morgan fingerprint density at radius 1 is 1.31 bits per heavy atom. The van der Waals surface area contributed by atoms with Crippen LogP contribution in [0.25, 0.3) is 10.8 Å². The molecule has 16 heavy (non-hydrogen) atoms. The Morgan fingerprint density at radius 2 is 2.12 bits per heavy atom. The van der Waals surface area contributed by atoms with Gasteiger partial charge in [-0.05, 0) is 23.1 Å². The van der Waals surface area contributed by atoms with Crippen LogP contribution < -0.4 is 5.73 Å².